The third-order valence-corrected chi connectivity index (χ3v) is 9.72. The van der Waals surface area contributed by atoms with Crippen molar-refractivity contribution >= 4 is 28.9 Å². The number of carbonyl (C=O) groups is 3. The highest BCUT2D eigenvalue weighted by Crippen LogP contribution is 2.29. The lowest BCUT2D eigenvalue weighted by molar-refractivity contribution is -0.168. The van der Waals surface area contributed by atoms with Crippen LogP contribution in [0, 0.1) is 36.5 Å². The molecule has 1 unspecified atom stereocenters. The fourth-order valence-corrected chi connectivity index (χ4v) is 6.49. The van der Waals surface area contributed by atoms with E-state index < -0.39 is 36.4 Å². The summed E-state index contributed by atoms with van der Waals surface area (Å²) < 4.78 is 23.4. The normalized spacial score (nSPS) is 17.1. The molecule has 1 saturated heterocycles. The molecule has 0 bridgehead atoms. The van der Waals surface area contributed by atoms with E-state index in [4.69, 9.17) is 24.0 Å². The lowest BCUT2D eigenvalue weighted by atomic mass is 9.80. The number of nitrogens with zero attached hydrogens (tertiary/aromatic N) is 2. The van der Waals surface area contributed by atoms with E-state index in [1.54, 1.807) is 21.0 Å². The standard InChI is InChI=1S/C38H62N4O8/c1-23(2)29(19-28-11-12-31-26(7)41-42(34(31)20-28)15-10-16-47-9)21-33(40-38(46)50-27(8)49-37(45)25(5)6)35(43)22-32(24(3)4)36(44)39-30-13-17-48-18-14-30/h11-12,20,23-25,27,29-30,32-33,35,43H,10,13-19,21-22H2,1-9H3,(H,39,44)(H,40,46)/t27?,29-,32-,33-,35-/m0/s1. The molecule has 12 heteroatoms. The number of esters is 1. The average Bonchev–Trinajstić information content (AvgIpc) is 3.36. The number of aliphatic hydroxyl groups excluding tert-OH is 1. The number of fused-ring (bicyclic) bond motifs is 1. The highest BCUT2D eigenvalue weighted by Gasteiger charge is 2.34. The Balaban J connectivity index is 1.83. The van der Waals surface area contributed by atoms with E-state index >= 15 is 0 Å². The number of benzene rings is 1. The summed E-state index contributed by atoms with van der Waals surface area (Å²) >= 11 is 0. The van der Waals surface area contributed by atoms with Gasteiger partial charge in [0.25, 0.3) is 0 Å². The number of ether oxygens (including phenoxy) is 4. The summed E-state index contributed by atoms with van der Waals surface area (Å²) in [6, 6.07) is 5.73. The quantitative estimate of drug-likeness (QED) is 0.0974. The van der Waals surface area contributed by atoms with Crippen LogP contribution in [-0.2, 0) is 41.5 Å². The Morgan fingerprint density at radius 1 is 1.02 bits per heavy atom. The van der Waals surface area contributed by atoms with Crippen LogP contribution in [0.1, 0.15) is 91.8 Å². The lowest BCUT2D eigenvalue weighted by Gasteiger charge is -2.33. The van der Waals surface area contributed by atoms with E-state index in [9.17, 15) is 19.5 Å². The van der Waals surface area contributed by atoms with Gasteiger partial charge in [0.1, 0.15) is 0 Å². The van der Waals surface area contributed by atoms with Crippen LogP contribution >= 0.6 is 0 Å². The fraction of sp³-hybridized carbons (Fsp3) is 0.737. The van der Waals surface area contributed by atoms with Crippen molar-refractivity contribution in [2.24, 2.45) is 29.6 Å². The Bertz CT molecular complexity index is 1370. The van der Waals surface area contributed by atoms with E-state index in [0.29, 0.717) is 32.7 Å². The summed E-state index contributed by atoms with van der Waals surface area (Å²) in [5, 5.41) is 23.7. The van der Waals surface area contributed by atoms with Gasteiger partial charge in [0.15, 0.2) is 0 Å². The Kier molecular flexibility index (Phi) is 16.5. The van der Waals surface area contributed by atoms with Crippen molar-refractivity contribution in [2.75, 3.05) is 26.9 Å². The summed E-state index contributed by atoms with van der Waals surface area (Å²) in [5.74, 6) is -1.22. The Labute approximate surface area is 298 Å². The maximum Gasteiger partial charge on any atom is 0.410 e. The lowest BCUT2D eigenvalue weighted by Crippen LogP contribution is -2.49. The minimum atomic E-state index is -1.11. The predicted molar refractivity (Wildman–Crippen MR) is 192 cm³/mol. The van der Waals surface area contributed by atoms with Crippen molar-refractivity contribution in [3.05, 3.63) is 29.5 Å². The zero-order chi connectivity index (χ0) is 37.0. The molecule has 1 aliphatic heterocycles. The molecule has 282 valence electrons. The molecule has 1 aromatic carbocycles. The van der Waals surface area contributed by atoms with Gasteiger partial charge in [-0.25, -0.2) is 4.79 Å². The molecule has 2 amide bonds. The first-order valence-electron chi connectivity index (χ1n) is 18.4. The Morgan fingerprint density at radius 3 is 2.34 bits per heavy atom. The number of nitrogens with one attached hydrogen (secondary N) is 2. The van der Waals surface area contributed by atoms with Crippen LogP contribution < -0.4 is 10.6 Å². The SMILES string of the molecule is COCCCn1nc(C)c2ccc(C[C@@H](C[C@H](NC(=O)OC(C)OC(=O)C(C)C)[C@@H](O)C[C@H](C(=O)NC3CCOCC3)C(C)C)C(C)C)cc21. The van der Waals surface area contributed by atoms with E-state index in [0.717, 1.165) is 48.0 Å². The number of amides is 2. The molecule has 0 spiro atoms. The summed E-state index contributed by atoms with van der Waals surface area (Å²) in [6.07, 6.45) is 0.706. The summed E-state index contributed by atoms with van der Waals surface area (Å²) in [6.45, 7) is 17.7. The van der Waals surface area contributed by atoms with Crippen LogP contribution in [0.3, 0.4) is 0 Å². The third kappa shape index (κ3) is 12.5. The Morgan fingerprint density at radius 2 is 1.72 bits per heavy atom. The van der Waals surface area contributed by atoms with Gasteiger partial charge in [0.2, 0.25) is 12.2 Å². The molecule has 12 nitrogen and oxygen atoms in total. The number of methoxy groups -OCH3 is 1. The maximum absolute atomic E-state index is 13.5. The highest BCUT2D eigenvalue weighted by molar-refractivity contribution is 5.82. The number of carbonyl (C=O) groups excluding carboxylic acids is 3. The van der Waals surface area contributed by atoms with Crippen LogP contribution in [0.4, 0.5) is 4.79 Å². The zero-order valence-electron chi connectivity index (χ0n) is 31.7. The van der Waals surface area contributed by atoms with Crippen molar-refractivity contribution in [3.8, 4) is 0 Å². The van der Waals surface area contributed by atoms with Gasteiger partial charge in [-0.3, -0.25) is 14.3 Å². The number of aromatic nitrogens is 2. The number of aliphatic hydroxyl groups is 1. The van der Waals surface area contributed by atoms with Crippen molar-refractivity contribution < 1.29 is 38.4 Å². The van der Waals surface area contributed by atoms with Crippen LogP contribution in [0.25, 0.3) is 10.9 Å². The minimum absolute atomic E-state index is 0.0383. The van der Waals surface area contributed by atoms with Gasteiger partial charge in [-0.15, -0.1) is 0 Å². The molecule has 50 heavy (non-hydrogen) atoms. The third-order valence-electron chi connectivity index (χ3n) is 9.72. The molecule has 0 aliphatic carbocycles. The van der Waals surface area contributed by atoms with Crippen molar-refractivity contribution in [3.63, 3.8) is 0 Å². The van der Waals surface area contributed by atoms with Gasteiger partial charge in [0, 0.05) is 57.7 Å². The van der Waals surface area contributed by atoms with Gasteiger partial charge in [0.05, 0.1) is 29.3 Å². The molecular formula is C38H62N4O8. The number of aryl methyl sites for hydroxylation is 2. The summed E-state index contributed by atoms with van der Waals surface area (Å²) in [4.78, 5) is 38.8. The van der Waals surface area contributed by atoms with Gasteiger partial charge in [-0.05, 0) is 74.8 Å². The first-order valence-corrected chi connectivity index (χ1v) is 18.4. The molecule has 3 N–H and O–H groups in total. The topological polar surface area (TPSA) is 150 Å². The Hall–Kier alpha value is -3.22. The fourth-order valence-electron chi connectivity index (χ4n) is 6.49. The van der Waals surface area contributed by atoms with Crippen LogP contribution in [-0.4, -0.2) is 84.3 Å². The second kappa shape index (κ2) is 20.0. The molecule has 2 heterocycles. The molecule has 2 aromatic rings. The average molecular weight is 703 g/mol. The van der Waals surface area contributed by atoms with Crippen LogP contribution in [0.2, 0.25) is 0 Å². The molecular weight excluding hydrogens is 640 g/mol. The first kappa shape index (κ1) is 41.2. The van der Waals surface area contributed by atoms with E-state index in [1.807, 2.05) is 25.5 Å². The smallest absolute Gasteiger partial charge is 0.410 e. The number of hydrogen-bond acceptors (Lipinski definition) is 9. The summed E-state index contributed by atoms with van der Waals surface area (Å²) in [5.41, 5.74) is 3.17. The van der Waals surface area contributed by atoms with E-state index in [1.165, 1.54) is 6.92 Å². The maximum atomic E-state index is 13.5. The molecule has 0 saturated carbocycles. The molecule has 0 radical (unpaired) electrons. The van der Waals surface area contributed by atoms with Gasteiger partial charge in [-0.2, -0.15) is 5.10 Å². The van der Waals surface area contributed by atoms with E-state index in [-0.39, 0.29) is 42.0 Å². The molecule has 1 aliphatic rings. The van der Waals surface area contributed by atoms with Gasteiger partial charge >= 0.3 is 12.1 Å². The van der Waals surface area contributed by atoms with E-state index in [2.05, 4.69) is 42.7 Å². The van der Waals surface area contributed by atoms with Crippen molar-refractivity contribution in [1.82, 2.24) is 20.4 Å². The number of alkyl carbamates (subject to hydrolysis) is 1. The predicted octanol–water partition coefficient (Wildman–Crippen LogP) is 5.54. The number of rotatable bonds is 19. The number of hydrogen-bond donors (Lipinski definition) is 3. The van der Waals surface area contributed by atoms with Crippen LogP contribution in [0.5, 0.6) is 0 Å². The molecule has 1 aromatic heterocycles. The van der Waals surface area contributed by atoms with Crippen molar-refractivity contribution in [2.45, 2.75) is 125 Å². The largest absolute Gasteiger partial charge is 0.425 e. The molecule has 1 fully saturated rings. The highest BCUT2D eigenvalue weighted by atomic mass is 16.7. The second-order valence-corrected chi connectivity index (χ2v) is 14.8. The first-order chi connectivity index (χ1) is 23.7. The van der Waals surface area contributed by atoms with Crippen LogP contribution in [0.15, 0.2) is 18.2 Å². The van der Waals surface area contributed by atoms with Gasteiger partial charge < -0.3 is 34.7 Å². The monoisotopic (exact) mass is 702 g/mol. The van der Waals surface area contributed by atoms with Crippen molar-refractivity contribution in [1.29, 1.82) is 0 Å². The summed E-state index contributed by atoms with van der Waals surface area (Å²) in [7, 11) is 1.70. The minimum Gasteiger partial charge on any atom is -0.425 e. The second-order valence-electron chi connectivity index (χ2n) is 14.8. The molecule has 5 atom stereocenters. The van der Waals surface area contributed by atoms with Gasteiger partial charge in [-0.1, -0.05) is 53.7 Å². The zero-order valence-corrected chi connectivity index (χ0v) is 31.7. The molecule has 3 rings (SSSR count).